The van der Waals surface area contributed by atoms with Crippen molar-refractivity contribution >= 4 is 52.1 Å². The van der Waals surface area contributed by atoms with E-state index in [2.05, 4.69) is 10.9 Å². The van der Waals surface area contributed by atoms with E-state index in [0.29, 0.717) is 9.23 Å². The van der Waals surface area contributed by atoms with Crippen LogP contribution in [0.25, 0.3) is 6.08 Å². The standard InChI is InChI=1S/C14H13N3O3S2/c1-9(18)15-16-12(19)8-17-13(20)11(22-14(17)21)7-10-5-3-2-4-6-10/h2-7H,8H2,1H3,(H,15,18)(H,16,19)/b11-7+. The van der Waals surface area contributed by atoms with E-state index in [9.17, 15) is 14.4 Å². The van der Waals surface area contributed by atoms with E-state index in [0.717, 1.165) is 17.3 Å². The summed E-state index contributed by atoms with van der Waals surface area (Å²) in [6, 6.07) is 9.36. The highest BCUT2D eigenvalue weighted by molar-refractivity contribution is 8.26. The van der Waals surface area contributed by atoms with Crippen LogP contribution in [0.2, 0.25) is 0 Å². The average Bonchev–Trinajstić information content (AvgIpc) is 2.74. The predicted molar refractivity (Wildman–Crippen MR) is 88.3 cm³/mol. The van der Waals surface area contributed by atoms with Crippen molar-refractivity contribution in [1.29, 1.82) is 0 Å². The third kappa shape index (κ3) is 4.15. The smallest absolute Gasteiger partial charge is 0.266 e. The Morgan fingerprint density at radius 1 is 1.27 bits per heavy atom. The minimum atomic E-state index is -0.521. The molecule has 1 saturated heterocycles. The molecule has 0 bridgehead atoms. The van der Waals surface area contributed by atoms with Gasteiger partial charge in [-0.05, 0) is 11.6 Å². The zero-order valence-electron chi connectivity index (χ0n) is 11.7. The first-order chi connectivity index (χ1) is 10.5. The molecular weight excluding hydrogens is 322 g/mol. The van der Waals surface area contributed by atoms with Crippen LogP contribution in [-0.2, 0) is 14.4 Å². The third-order valence-electron chi connectivity index (χ3n) is 2.65. The highest BCUT2D eigenvalue weighted by Crippen LogP contribution is 2.32. The lowest BCUT2D eigenvalue weighted by molar-refractivity contribution is -0.131. The molecule has 2 rings (SSSR count). The first-order valence-corrected chi connectivity index (χ1v) is 7.55. The van der Waals surface area contributed by atoms with Gasteiger partial charge in [0.05, 0.1) is 4.91 Å². The van der Waals surface area contributed by atoms with Crippen LogP contribution < -0.4 is 10.9 Å². The van der Waals surface area contributed by atoms with Crippen LogP contribution in [0.5, 0.6) is 0 Å². The summed E-state index contributed by atoms with van der Waals surface area (Å²) in [7, 11) is 0. The van der Waals surface area contributed by atoms with Gasteiger partial charge in [-0.3, -0.25) is 30.1 Å². The number of carbonyl (C=O) groups is 3. The lowest BCUT2D eigenvalue weighted by Gasteiger charge is -2.14. The summed E-state index contributed by atoms with van der Waals surface area (Å²) in [6.45, 7) is 1.03. The number of benzene rings is 1. The van der Waals surface area contributed by atoms with Crippen molar-refractivity contribution in [3.05, 3.63) is 40.8 Å². The van der Waals surface area contributed by atoms with Crippen molar-refractivity contribution in [2.45, 2.75) is 6.92 Å². The predicted octanol–water partition coefficient (Wildman–Crippen LogP) is 1.06. The number of hydrogen-bond donors (Lipinski definition) is 2. The van der Waals surface area contributed by atoms with Crippen LogP contribution >= 0.6 is 24.0 Å². The first-order valence-electron chi connectivity index (χ1n) is 6.33. The van der Waals surface area contributed by atoms with Gasteiger partial charge in [0.2, 0.25) is 5.91 Å². The molecule has 0 saturated carbocycles. The van der Waals surface area contributed by atoms with Crippen LogP contribution in [0.4, 0.5) is 0 Å². The molecule has 1 aliphatic heterocycles. The second-order valence-electron chi connectivity index (χ2n) is 4.41. The number of amides is 3. The van der Waals surface area contributed by atoms with E-state index < -0.39 is 11.8 Å². The van der Waals surface area contributed by atoms with Crippen LogP contribution in [0.15, 0.2) is 35.2 Å². The van der Waals surface area contributed by atoms with Crippen molar-refractivity contribution in [2.24, 2.45) is 0 Å². The van der Waals surface area contributed by atoms with Crippen LogP contribution in [0.1, 0.15) is 12.5 Å². The van der Waals surface area contributed by atoms with Gasteiger partial charge in [0.15, 0.2) is 0 Å². The van der Waals surface area contributed by atoms with Crippen molar-refractivity contribution < 1.29 is 14.4 Å². The molecule has 0 atom stereocenters. The number of nitrogens with zero attached hydrogens (tertiary/aromatic N) is 1. The summed E-state index contributed by atoms with van der Waals surface area (Å²) < 4.78 is 0.310. The fourth-order valence-corrected chi connectivity index (χ4v) is 2.93. The molecule has 8 heteroatoms. The summed E-state index contributed by atoms with van der Waals surface area (Å²) in [4.78, 5) is 36.3. The van der Waals surface area contributed by atoms with Gasteiger partial charge in [0.25, 0.3) is 11.8 Å². The molecule has 0 aliphatic carbocycles. The molecule has 1 aromatic rings. The molecule has 2 N–H and O–H groups in total. The zero-order valence-corrected chi connectivity index (χ0v) is 13.3. The summed E-state index contributed by atoms with van der Waals surface area (Å²) in [5, 5.41) is 0. The van der Waals surface area contributed by atoms with E-state index in [1.807, 2.05) is 30.3 Å². The lowest BCUT2D eigenvalue weighted by Crippen LogP contribution is -2.46. The van der Waals surface area contributed by atoms with Gasteiger partial charge in [-0.25, -0.2) is 0 Å². The van der Waals surface area contributed by atoms with E-state index in [-0.39, 0.29) is 12.5 Å². The lowest BCUT2D eigenvalue weighted by atomic mass is 10.2. The number of carbonyl (C=O) groups excluding carboxylic acids is 3. The molecule has 0 spiro atoms. The average molecular weight is 335 g/mol. The van der Waals surface area contributed by atoms with E-state index in [1.165, 1.54) is 11.8 Å². The quantitative estimate of drug-likeness (QED) is 0.490. The number of hydrazine groups is 1. The molecule has 0 aromatic heterocycles. The second-order valence-corrected chi connectivity index (χ2v) is 6.08. The van der Waals surface area contributed by atoms with Gasteiger partial charge in [-0.2, -0.15) is 0 Å². The zero-order chi connectivity index (χ0) is 16.1. The maximum absolute atomic E-state index is 12.3. The number of nitrogens with one attached hydrogen (secondary N) is 2. The van der Waals surface area contributed by atoms with E-state index >= 15 is 0 Å². The summed E-state index contributed by atoms with van der Waals surface area (Å²) in [5.74, 6) is -1.24. The minimum Gasteiger partial charge on any atom is -0.283 e. The van der Waals surface area contributed by atoms with Crippen LogP contribution in [0.3, 0.4) is 0 Å². The Morgan fingerprint density at radius 3 is 2.59 bits per heavy atom. The molecule has 0 radical (unpaired) electrons. The van der Waals surface area contributed by atoms with Crippen LogP contribution in [0, 0.1) is 0 Å². The fraction of sp³-hybridized carbons (Fsp3) is 0.143. The summed E-state index contributed by atoms with van der Waals surface area (Å²) in [5.41, 5.74) is 5.23. The van der Waals surface area contributed by atoms with Crippen molar-refractivity contribution in [3.63, 3.8) is 0 Å². The first kappa shape index (κ1) is 16.2. The van der Waals surface area contributed by atoms with Crippen molar-refractivity contribution in [2.75, 3.05) is 6.54 Å². The third-order valence-corrected chi connectivity index (χ3v) is 4.03. The SMILES string of the molecule is CC(=O)NNC(=O)CN1C(=O)/C(=C\c2ccccc2)SC1=S. The van der Waals surface area contributed by atoms with E-state index in [1.54, 1.807) is 6.08 Å². The maximum atomic E-state index is 12.3. The van der Waals surface area contributed by atoms with E-state index in [4.69, 9.17) is 12.2 Å². The molecule has 6 nitrogen and oxygen atoms in total. The normalized spacial score (nSPS) is 16.0. The Bertz CT molecular complexity index is 659. The highest BCUT2D eigenvalue weighted by Gasteiger charge is 2.33. The number of hydrogen-bond acceptors (Lipinski definition) is 5. The van der Waals surface area contributed by atoms with Crippen molar-refractivity contribution in [3.8, 4) is 0 Å². The summed E-state index contributed by atoms with van der Waals surface area (Å²) in [6.07, 6.45) is 1.73. The van der Waals surface area contributed by atoms with Gasteiger partial charge in [0.1, 0.15) is 10.9 Å². The Labute approximate surface area is 136 Å². The number of rotatable bonds is 3. The molecule has 1 aromatic carbocycles. The fourth-order valence-electron chi connectivity index (χ4n) is 1.68. The summed E-state index contributed by atoms with van der Waals surface area (Å²) >= 11 is 6.27. The molecule has 22 heavy (non-hydrogen) atoms. The van der Waals surface area contributed by atoms with Gasteiger partial charge >= 0.3 is 0 Å². The Hall–Kier alpha value is -2.19. The Morgan fingerprint density at radius 2 is 1.95 bits per heavy atom. The minimum absolute atomic E-state index is 0.239. The van der Waals surface area contributed by atoms with Gasteiger partial charge in [-0.15, -0.1) is 0 Å². The number of thioether (sulfide) groups is 1. The highest BCUT2D eigenvalue weighted by atomic mass is 32.2. The Kier molecular flexibility index (Phi) is 5.29. The molecule has 1 aliphatic rings. The molecule has 3 amide bonds. The second kappa shape index (κ2) is 7.19. The molecule has 1 fully saturated rings. The topological polar surface area (TPSA) is 78.5 Å². The van der Waals surface area contributed by atoms with Gasteiger partial charge in [0, 0.05) is 6.92 Å². The largest absolute Gasteiger partial charge is 0.283 e. The molecule has 114 valence electrons. The van der Waals surface area contributed by atoms with Crippen LogP contribution in [-0.4, -0.2) is 33.5 Å². The molecule has 0 unspecified atom stereocenters. The van der Waals surface area contributed by atoms with Gasteiger partial charge < -0.3 is 0 Å². The maximum Gasteiger partial charge on any atom is 0.266 e. The molecule has 1 heterocycles. The van der Waals surface area contributed by atoms with Gasteiger partial charge in [-0.1, -0.05) is 54.3 Å². The van der Waals surface area contributed by atoms with Crippen molar-refractivity contribution in [1.82, 2.24) is 15.8 Å². The molecular formula is C14H13N3O3S2. The monoisotopic (exact) mass is 335 g/mol. The number of thiocarbonyl (C=S) groups is 1. The Balaban J connectivity index is 2.04.